The minimum atomic E-state index is -0.0334. The van der Waals surface area contributed by atoms with E-state index in [9.17, 15) is 4.79 Å². The third-order valence-corrected chi connectivity index (χ3v) is 3.21. The number of rotatable bonds is 3. The maximum Gasteiger partial charge on any atom is 0.308 e. The van der Waals surface area contributed by atoms with E-state index < -0.39 is 0 Å². The molecule has 0 N–H and O–H groups in total. The zero-order valence-electron chi connectivity index (χ0n) is 9.56. The Morgan fingerprint density at radius 1 is 1.56 bits per heavy atom. The molecule has 1 aromatic rings. The summed E-state index contributed by atoms with van der Waals surface area (Å²) >= 11 is 0. The molecule has 2 rings (SSSR count). The van der Waals surface area contributed by atoms with Gasteiger partial charge in [-0.1, -0.05) is 6.07 Å². The van der Waals surface area contributed by atoms with Gasteiger partial charge in [0.2, 0.25) is 0 Å². The summed E-state index contributed by atoms with van der Waals surface area (Å²) in [6.45, 7) is 2.33. The molecule has 1 fully saturated rings. The molecular formula is C13H17NO2. The van der Waals surface area contributed by atoms with Crippen molar-refractivity contribution in [1.82, 2.24) is 4.98 Å². The molecule has 2 atom stereocenters. The van der Waals surface area contributed by atoms with E-state index in [1.54, 1.807) is 6.20 Å². The summed E-state index contributed by atoms with van der Waals surface area (Å²) in [5, 5.41) is 0. The van der Waals surface area contributed by atoms with Crippen molar-refractivity contribution in [3.8, 4) is 0 Å². The fourth-order valence-electron chi connectivity index (χ4n) is 2.38. The van der Waals surface area contributed by atoms with Crippen molar-refractivity contribution in [3.05, 3.63) is 30.1 Å². The molecule has 0 radical (unpaired) electrons. The van der Waals surface area contributed by atoms with E-state index in [2.05, 4.69) is 11.1 Å². The average Bonchev–Trinajstić information content (AvgIpc) is 2.80. The van der Waals surface area contributed by atoms with Crippen LogP contribution < -0.4 is 0 Å². The second-order valence-corrected chi connectivity index (χ2v) is 4.25. The molecule has 1 saturated carbocycles. The fourth-order valence-corrected chi connectivity index (χ4v) is 2.38. The SMILES string of the molecule is CCOC(=O)[C@@H]1CC[C@H](c2cccnc2)C1. The predicted molar refractivity (Wildman–Crippen MR) is 61.0 cm³/mol. The predicted octanol–water partition coefficient (Wildman–Crippen LogP) is 2.53. The minimum Gasteiger partial charge on any atom is -0.466 e. The lowest BCUT2D eigenvalue weighted by Crippen LogP contribution is -2.14. The Morgan fingerprint density at radius 2 is 2.44 bits per heavy atom. The highest BCUT2D eigenvalue weighted by atomic mass is 16.5. The highest BCUT2D eigenvalue weighted by Crippen LogP contribution is 2.38. The van der Waals surface area contributed by atoms with Crippen LogP contribution in [-0.2, 0) is 9.53 Å². The van der Waals surface area contributed by atoms with Gasteiger partial charge in [-0.2, -0.15) is 0 Å². The van der Waals surface area contributed by atoms with E-state index in [4.69, 9.17) is 4.74 Å². The van der Waals surface area contributed by atoms with Crippen molar-refractivity contribution in [2.24, 2.45) is 5.92 Å². The lowest BCUT2D eigenvalue weighted by molar-refractivity contribution is -0.147. The summed E-state index contributed by atoms with van der Waals surface area (Å²) in [6.07, 6.45) is 6.59. The van der Waals surface area contributed by atoms with Gasteiger partial charge in [0.15, 0.2) is 0 Å². The molecule has 0 saturated heterocycles. The Labute approximate surface area is 95.8 Å². The lowest BCUT2D eigenvalue weighted by Gasteiger charge is -2.10. The number of carbonyl (C=O) groups excluding carboxylic acids is 1. The Hall–Kier alpha value is -1.38. The highest BCUT2D eigenvalue weighted by molar-refractivity contribution is 5.72. The minimum absolute atomic E-state index is 0.0334. The number of hydrogen-bond donors (Lipinski definition) is 0. The topological polar surface area (TPSA) is 39.2 Å². The number of aromatic nitrogens is 1. The van der Waals surface area contributed by atoms with Gasteiger partial charge < -0.3 is 4.74 Å². The Morgan fingerprint density at radius 3 is 3.12 bits per heavy atom. The van der Waals surface area contributed by atoms with E-state index in [0.717, 1.165) is 19.3 Å². The number of nitrogens with zero attached hydrogens (tertiary/aromatic N) is 1. The van der Waals surface area contributed by atoms with Crippen LogP contribution >= 0.6 is 0 Å². The molecule has 0 bridgehead atoms. The molecule has 1 heterocycles. The molecule has 1 aromatic heterocycles. The Kier molecular flexibility index (Phi) is 3.54. The van der Waals surface area contributed by atoms with E-state index in [1.165, 1.54) is 5.56 Å². The van der Waals surface area contributed by atoms with Gasteiger partial charge in [-0.25, -0.2) is 0 Å². The van der Waals surface area contributed by atoms with Crippen LogP contribution in [0.1, 0.15) is 37.7 Å². The summed E-state index contributed by atoms with van der Waals surface area (Å²) in [5.41, 5.74) is 1.24. The van der Waals surface area contributed by atoms with Crippen molar-refractivity contribution in [1.29, 1.82) is 0 Å². The second-order valence-electron chi connectivity index (χ2n) is 4.25. The zero-order chi connectivity index (χ0) is 11.4. The van der Waals surface area contributed by atoms with Gasteiger partial charge in [-0.15, -0.1) is 0 Å². The smallest absolute Gasteiger partial charge is 0.308 e. The molecule has 3 heteroatoms. The first-order chi connectivity index (χ1) is 7.81. The summed E-state index contributed by atoms with van der Waals surface area (Å²) < 4.78 is 5.06. The quantitative estimate of drug-likeness (QED) is 0.733. The summed E-state index contributed by atoms with van der Waals surface area (Å²) in [7, 11) is 0. The molecule has 3 nitrogen and oxygen atoms in total. The number of ether oxygens (including phenoxy) is 1. The number of esters is 1. The monoisotopic (exact) mass is 219 g/mol. The normalized spacial score (nSPS) is 24.3. The average molecular weight is 219 g/mol. The molecule has 16 heavy (non-hydrogen) atoms. The highest BCUT2D eigenvalue weighted by Gasteiger charge is 2.31. The Balaban J connectivity index is 1.96. The third kappa shape index (κ3) is 2.40. The van der Waals surface area contributed by atoms with Gasteiger partial charge in [-0.05, 0) is 43.7 Å². The molecule has 86 valence electrons. The molecule has 1 aliphatic rings. The third-order valence-electron chi connectivity index (χ3n) is 3.21. The first kappa shape index (κ1) is 11.1. The molecule has 0 unspecified atom stereocenters. The maximum atomic E-state index is 11.6. The van der Waals surface area contributed by atoms with Gasteiger partial charge in [0, 0.05) is 12.4 Å². The molecule has 1 aliphatic carbocycles. The molecule has 0 spiro atoms. The Bertz CT molecular complexity index is 350. The van der Waals surface area contributed by atoms with Crippen molar-refractivity contribution in [2.45, 2.75) is 32.1 Å². The van der Waals surface area contributed by atoms with Crippen LogP contribution in [0, 0.1) is 5.92 Å². The molecular weight excluding hydrogens is 202 g/mol. The van der Waals surface area contributed by atoms with Gasteiger partial charge in [0.05, 0.1) is 12.5 Å². The first-order valence-corrected chi connectivity index (χ1v) is 5.87. The van der Waals surface area contributed by atoms with Gasteiger partial charge in [0.1, 0.15) is 0 Å². The largest absolute Gasteiger partial charge is 0.466 e. The van der Waals surface area contributed by atoms with E-state index >= 15 is 0 Å². The van der Waals surface area contributed by atoms with E-state index in [-0.39, 0.29) is 11.9 Å². The number of hydrogen-bond acceptors (Lipinski definition) is 3. The van der Waals surface area contributed by atoms with Crippen LogP contribution in [0.2, 0.25) is 0 Å². The van der Waals surface area contributed by atoms with Gasteiger partial charge >= 0.3 is 5.97 Å². The lowest BCUT2D eigenvalue weighted by atomic mass is 9.98. The fraction of sp³-hybridized carbons (Fsp3) is 0.538. The maximum absolute atomic E-state index is 11.6. The van der Waals surface area contributed by atoms with Crippen LogP contribution in [0.5, 0.6) is 0 Å². The summed E-state index contributed by atoms with van der Waals surface area (Å²) in [5.74, 6) is 0.530. The van der Waals surface area contributed by atoms with E-state index in [0.29, 0.717) is 12.5 Å². The second kappa shape index (κ2) is 5.10. The molecule has 0 aliphatic heterocycles. The molecule has 0 amide bonds. The van der Waals surface area contributed by atoms with Crippen LogP contribution in [-0.4, -0.2) is 17.6 Å². The van der Waals surface area contributed by atoms with Crippen molar-refractivity contribution < 1.29 is 9.53 Å². The zero-order valence-corrected chi connectivity index (χ0v) is 9.56. The summed E-state index contributed by atoms with van der Waals surface area (Å²) in [6, 6.07) is 4.04. The van der Waals surface area contributed by atoms with Crippen molar-refractivity contribution in [3.63, 3.8) is 0 Å². The molecule has 0 aromatic carbocycles. The number of carbonyl (C=O) groups is 1. The van der Waals surface area contributed by atoms with Gasteiger partial charge in [-0.3, -0.25) is 9.78 Å². The van der Waals surface area contributed by atoms with Crippen LogP contribution in [0.4, 0.5) is 0 Å². The van der Waals surface area contributed by atoms with Crippen molar-refractivity contribution in [2.75, 3.05) is 6.61 Å². The first-order valence-electron chi connectivity index (χ1n) is 5.87. The van der Waals surface area contributed by atoms with Gasteiger partial charge in [0.25, 0.3) is 0 Å². The van der Waals surface area contributed by atoms with Crippen LogP contribution in [0.15, 0.2) is 24.5 Å². The summed E-state index contributed by atoms with van der Waals surface area (Å²) in [4.78, 5) is 15.7. The van der Waals surface area contributed by atoms with E-state index in [1.807, 2.05) is 19.2 Å². The van der Waals surface area contributed by atoms with Crippen LogP contribution in [0.3, 0.4) is 0 Å². The van der Waals surface area contributed by atoms with Crippen molar-refractivity contribution >= 4 is 5.97 Å². The number of pyridine rings is 1. The van der Waals surface area contributed by atoms with Crippen LogP contribution in [0.25, 0.3) is 0 Å². The standard InChI is InChI=1S/C13H17NO2/c1-2-16-13(15)11-6-5-10(8-11)12-4-3-7-14-9-12/h3-4,7,9-11H,2,5-6,8H2,1H3/t10-,11+/m0/s1.